The fourth-order valence-corrected chi connectivity index (χ4v) is 4.28. The van der Waals surface area contributed by atoms with Crippen LogP contribution in [0.3, 0.4) is 0 Å². The van der Waals surface area contributed by atoms with Crippen LogP contribution in [-0.2, 0) is 18.5 Å². The largest absolute Gasteiger partial charge is 0.497 e. The van der Waals surface area contributed by atoms with E-state index in [0.29, 0.717) is 0 Å². The Balaban J connectivity index is 1.49. The van der Waals surface area contributed by atoms with Gasteiger partial charge in [0.05, 0.1) is 7.11 Å². The number of nitrogens with one attached hydrogen (secondary N) is 1. The van der Waals surface area contributed by atoms with Gasteiger partial charge in [-0.25, -0.2) is 0 Å². The third kappa shape index (κ3) is 2.94. The van der Waals surface area contributed by atoms with Crippen molar-refractivity contribution < 1.29 is 4.74 Å². The SMILES string of the molecule is COc1ccc2c(c1)CCNC21CCN(Cc2ccccc2)CC1. The van der Waals surface area contributed by atoms with Crippen molar-refractivity contribution >= 4 is 0 Å². The Kier molecular flexibility index (Phi) is 4.30. The molecule has 2 aliphatic heterocycles. The Morgan fingerprint density at radius 2 is 1.88 bits per heavy atom. The van der Waals surface area contributed by atoms with Crippen LogP contribution in [-0.4, -0.2) is 31.6 Å². The van der Waals surface area contributed by atoms with Crippen LogP contribution in [0.25, 0.3) is 0 Å². The molecule has 2 aliphatic rings. The zero-order valence-corrected chi connectivity index (χ0v) is 14.4. The fourth-order valence-electron chi connectivity index (χ4n) is 4.28. The molecule has 3 heteroatoms. The van der Waals surface area contributed by atoms with Gasteiger partial charge in [0, 0.05) is 31.7 Å². The lowest BCUT2D eigenvalue weighted by Crippen LogP contribution is -2.53. The Bertz CT molecular complexity index is 690. The summed E-state index contributed by atoms with van der Waals surface area (Å²) in [4.78, 5) is 2.58. The molecule has 0 unspecified atom stereocenters. The number of hydrogen-bond donors (Lipinski definition) is 1. The lowest BCUT2D eigenvalue weighted by molar-refractivity contribution is 0.123. The van der Waals surface area contributed by atoms with Gasteiger partial charge in [-0.15, -0.1) is 0 Å². The lowest BCUT2D eigenvalue weighted by atomic mass is 9.75. The third-order valence-corrected chi connectivity index (χ3v) is 5.64. The van der Waals surface area contributed by atoms with E-state index >= 15 is 0 Å². The Morgan fingerprint density at radius 3 is 2.62 bits per heavy atom. The van der Waals surface area contributed by atoms with E-state index in [1.165, 1.54) is 29.5 Å². The summed E-state index contributed by atoms with van der Waals surface area (Å²) in [5.41, 5.74) is 4.53. The summed E-state index contributed by atoms with van der Waals surface area (Å²) < 4.78 is 5.41. The molecule has 0 aromatic heterocycles. The summed E-state index contributed by atoms with van der Waals surface area (Å²) in [6.07, 6.45) is 3.46. The quantitative estimate of drug-likeness (QED) is 0.938. The van der Waals surface area contributed by atoms with E-state index in [1.54, 1.807) is 7.11 Å². The van der Waals surface area contributed by atoms with Crippen LogP contribution < -0.4 is 10.1 Å². The van der Waals surface area contributed by atoms with Gasteiger partial charge in [-0.05, 0) is 48.1 Å². The maximum atomic E-state index is 5.41. The second-order valence-corrected chi connectivity index (χ2v) is 7.04. The normalized spacial score (nSPS) is 19.9. The number of nitrogens with zero attached hydrogens (tertiary/aromatic N) is 1. The molecule has 0 amide bonds. The first-order valence-corrected chi connectivity index (χ1v) is 8.98. The van der Waals surface area contributed by atoms with Crippen LogP contribution in [0.2, 0.25) is 0 Å². The summed E-state index contributed by atoms with van der Waals surface area (Å²) >= 11 is 0. The minimum absolute atomic E-state index is 0.160. The summed E-state index contributed by atoms with van der Waals surface area (Å²) in [5.74, 6) is 0.979. The smallest absolute Gasteiger partial charge is 0.119 e. The van der Waals surface area contributed by atoms with Crippen LogP contribution in [0.1, 0.15) is 29.5 Å². The number of methoxy groups -OCH3 is 1. The number of ether oxygens (including phenoxy) is 1. The van der Waals surface area contributed by atoms with E-state index in [9.17, 15) is 0 Å². The molecular formula is C21H26N2O. The first-order chi connectivity index (χ1) is 11.8. The van der Waals surface area contributed by atoms with Crippen molar-refractivity contribution in [3.63, 3.8) is 0 Å². The number of rotatable bonds is 3. The predicted molar refractivity (Wildman–Crippen MR) is 97.3 cm³/mol. The zero-order chi connectivity index (χ0) is 16.4. The van der Waals surface area contributed by atoms with Crippen molar-refractivity contribution in [2.45, 2.75) is 31.3 Å². The average molecular weight is 322 g/mol. The second-order valence-electron chi connectivity index (χ2n) is 7.04. The molecule has 0 saturated carbocycles. The molecule has 3 nitrogen and oxygen atoms in total. The summed E-state index contributed by atoms with van der Waals surface area (Å²) in [6, 6.07) is 17.4. The fraction of sp³-hybridized carbons (Fsp3) is 0.429. The van der Waals surface area contributed by atoms with Gasteiger partial charge in [-0.1, -0.05) is 36.4 Å². The molecule has 0 aliphatic carbocycles. The molecule has 1 saturated heterocycles. The highest BCUT2D eigenvalue weighted by Crippen LogP contribution is 2.39. The van der Waals surface area contributed by atoms with Gasteiger partial charge in [0.15, 0.2) is 0 Å². The number of fused-ring (bicyclic) bond motifs is 2. The highest BCUT2D eigenvalue weighted by atomic mass is 16.5. The van der Waals surface area contributed by atoms with Crippen LogP contribution in [0.4, 0.5) is 0 Å². The monoisotopic (exact) mass is 322 g/mol. The molecule has 1 N–H and O–H groups in total. The van der Waals surface area contributed by atoms with Crippen molar-refractivity contribution in [1.29, 1.82) is 0 Å². The second kappa shape index (κ2) is 6.58. The van der Waals surface area contributed by atoms with Crippen LogP contribution in [0.5, 0.6) is 5.75 Å². The Labute approximate surface area is 144 Å². The maximum absolute atomic E-state index is 5.41. The number of benzene rings is 2. The van der Waals surface area contributed by atoms with Gasteiger partial charge in [-0.2, -0.15) is 0 Å². The molecule has 0 bridgehead atoms. The van der Waals surface area contributed by atoms with Gasteiger partial charge in [0.1, 0.15) is 5.75 Å². The molecule has 1 fully saturated rings. The molecule has 126 valence electrons. The Hall–Kier alpha value is -1.84. The number of hydrogen-bond acceptors (Lipinski definition) is 3. The van der Waals surface area contributed by atoms with Gasteiger partial charge in [0.25, 0.3) is 0 Å². The van der Waals surface area contributed by atoms with Crippen LogP contribution in [0.15, 0.2) is 48.5 Å². The molecule has 0 radical (unpaired) electrons. The summed E-state index contributed by atoms with van der Waals surface area (Å²) in [5, 5.41) is 3.85. The molecule has 24 heavy (non-hydrogen) atoms. The van der Waals surface area contributed by atoms with Crippen LogP contribution >= 0.6 is 0 Å². The summed E-state index contributed by atoms with van der Waals surface area (Å²) in [6.45, 7) is 4.42. The number of piperidine rings is 1. The lowest BCUT2D eigenvalue weighted by Gasteiger charge is -2.46. The van der Waals surface area contributed by atoms with Crippen molar-refractivity contribution in [2.24, 2.45) is 0 Å². The predicted octanol–water partition coefficient (Wildman–Crippen LogP) is 3.33. The molecule has 1 spiro atoms. The van der Waals surface area contributed by atoms with E-state index in [4.69, 9.17) is 4.74 Å². The van der Waals surface area contributed by atoms with E-state index in [-0.39, 0.29) is 5.54 Å². The topological polar surface area (TPSA) is 24.5 Å². The molecule has 4 rings (SSSR count). The number of likely N-dealkylation sites (tertiary alicyclic amines) is 1. The molecule has 2 heterocycles. The summed E-state index contributed by atoms with van der Waals surface area (Å²) in [7, 11) is 1.75. The highest BCUT2D eigenvalue weighted by Gasteiger charge is 2.39. The van der Waals surface area contributed by atoms with Crippen molar-refractivity contribution in [1.82, 2.24) is 10.2 Å². The average Bonchev–Trinajstić information content (AvgIpc) is 2.64. The van der Waals surface area contributed by atoms with Crippen molar-refractivity contribution in [2.75, 3.05) is 26.7 Å². The zero-order valence-electron chi connectivity index (χ0n) is 14.4. The minimum Gasteiger partial charge on any atom is -0.497 e. The van der Waals surface area contributed by atoms with Crippen molar-refractivity contribution in [3.05, 3.63) is 65.2 Å². The third-order valence-electron chi connectivity index (χ3n) is 5.64. The van der Waals surface area contributed by atoms with Gasteiger partial charge < -0.3 is 10.1 Å². The Morgan fingerprint density at radius 1 is 1.08 bits per heavy atom. The molecular weight excluding hydrogens is 296 g/mol. The van der Waals surface area contributed by atoms with Gasteiger partial charge in [0.2, 0.25) is 0 Å². The van der Waals surface area contributed by atoms with E-state index < -0.39 is 0 Å². The highest BCUT2D eigenvalue weighted by molar-refractivity contribution is 5.42. The standard InChI is InChI=1S/C21H26N2O/c1-24-19-7-8-20-18(15-19)9-12-22-21(20)10-13-23(14-11-21)16-17-5-3-2-4-6-17/h2-8,15,22H,9-14,16H2,1H3. The van der Waals surface area contributed by atoms with Crippen molar-refractivity contribution in [3.8, 4) is 5.75 Å². The molecule has 2 aromatic carbocycles. The minimum atomic E-state index is 0.160. The first-order valence-electron chi connectivity index (χ1n) is 8.98. The van der Waals surface area contributed by atoms with Gasteiger partial charge in [-0.3, -0.25) is 4.90 Å². The first kappa shape index (κ1) is 15.7. The van der Waals surface area contributed by atoms with Gasteiger partial charge >= 0.3 is 0 Å². The maximum Gasteiger partial charge on any atom is 0.119 e. The van der Waals surface area contributed by atoms with E-state index in [0.717, 1.165) is 38.3 Å². The van der Waals surface area contributed by atoms with Crippen LogP contribution in [0, 0.1) is 0 Å². The van der Waals surface area contributed by atoms with E-state index in [1.807, 2.05) is 0 Å². The molecule has 0 atom stereocenters. The van der Waals surface area contributed by atoms with E-state index in [2.05, 4.69) is 58.7 Å². The molecule has 2 aromatic rings.